The molecule has 7 heteroatoms. The molecule has 0 saturated carbocycles. The number of aliphatic carboxylic acids is 1. The number of aryl methyl sites for hydroxylation is 2. The third-order valence-electron chi connectivity index (χ3n) is 5.46. The molecule has 27 heavy (non-hydrogen) atoms. The van der Waals surface area contributed by atoms with Gasteiger partial charge in [0.15, 0.2) is 0 Å². The van der Waals surface area contributed by atoms with E-state index >= 15 is 0 Å². The Hall–Kier alpha value is -2.67. The number of carboxylic acid groups (broad SMARTS) is 1. The number of carbonyl (C=O) groups is 2. The van der Waals surface area contributed by atoms with E-state index in [0.29, 0.717) is 6.54 Å². The van der Waals surface area contributed by atoms with E-state index in [2.05, 4.69) is 5.10 Å². The Morgan fingerprint density at radius 1 is 1.30 bits per heavy atom. The van der Waals surface area contributed by atoms with Crippen molar-refractivity contribution in [3.63, 3.8) is 0 Å². The van der Waals surface area contributed by atoms with Crippen molar-refractivity contribution in [2.24, 2.45) is 12.5 Å². The van der Waals surface area contributed by atoms with E-state index in [-0.39, 0.29) is 31.7 Å². The molecule has 2 N–H and O–H groups in total. The monoisotopic (exact) mass is 371 g/mol. The summed E-state index contributed by atoms with van der Waals surface area (Å²) >= 11 is 0. The first kappa shape index (κ1) is 19.1. The predicted molar refractivity (Wildman–Crippen MR) is 99.1 cm³/mol. The summed E-state index contributed by atoms with van der Waals surface area (Å²) in [6, 6.07) is 9.30. The number of nitrogens with zero attached hydrogens (tertiary/aromatic N) is 3. The van der Waals surface area contributed by atoms with Crippen molar-refractivity contribution in [1.29, 1.82) is 0 Å². The highest BCUT2D eigenvalue weighted by Gasteiger charge is 2.49. The Morgan fingerprint density at radius 2 is 2.00 bits per heavy atom. The van der Waals surface area contributed by atoms with Gasteiger partial charge in [0, 0.05) is 31.9 Å². The summed E-state index contributed by atoms with van der Waals surface area (Å²) < 4.78 is 1.66. The number of aliphatic hydroxyl groups is 1. The molecule has 0 bridgehead atoms. The molecular formula is C20H25N3O4. The molecule has 0 unspecified atom stereocenters. The van der Waals surface area contributed by atoms with Crippen molar-refractivity contribution in [3.05, 3.63) is 53.3 Å². The number of amides is 1. The minimum absolute atomic E-state index is 0.0251. The summed E-state index contributed by atoms with van der Waals surface area (Å²) in [5.41, 5.74) is 1.23. The largest absolute Gasteiger partial charge is 0.481 e. The summed E-state index contributed by atoms with van der Waals surface area (Å²) in [7, 11) is 1.80. The molecule has 144 valence electrons. The van der Waals surface area contributed by atoms with E-state index in [9.17, 15) is 19.8 Å². The van der Waals surface area contributed by atoms with Gasteiger partial charge in [0.25, 0.3) is 0 Å². The van der Waals surface area contributed by atoms with Crippen LogP contribution in [0.3, 0.4) is 0 Å². The van der Waals surface area contributed by atoms with E-state index < -0.39 is 17.5 Å². The molecule has 3 rings (SSSR count). The number of rotatable bonds is 5. The van der Waals surface area contributed by atoms with Gasteiger partial charge in [-0.15, -0.1) is 0 Å². The standard InChI is InChI=1S/C20H25N3O4/c1-14-16(12-22(2)21-14)10-18(25)23-9-8-20(19(26)27,17(24)13-23)11-15-6-4-3-5-7-15/h3-7,12,17,24H,8-11,13H2,1-2H3,(H,26,27)/t17-,20-/m1/s1. The summed E-state index contributed by atoms with van der Waals surface area (Å²) in [6.07, 6.45) is 1.35. The number of hydrogen-bond donors (Lipinski definition) is 2. The number of hydrogen-bond acceptors (Lipinski definition) is 4. The van der Waals surface area contributed by atoms with Gasteiger partial charge in [0.2, 0.25) is 5.91 Å². The minimum Gasteiger partial charge on any atom is -0.481 e. The Balaban J connectivity index is 1.72. The molecule has 1 amide bonds. The highest BCUT2D eigenvalue weighted by molar-refractivity contribution is 5.80. The van der Waals surface area contributed by atoms with Crippen molar-refractivity contribution < 1.29 is 19.8 Å². The molecular weight excluding hydrogens is 346 g/mol. The van der Waals surface area contributed by atoms with Crippen LogP contribution in [0.1, 0.15) is 23.2 Å². The molecule has 0 aliphatic carbocycles. The van der Waals surface area contributed by atoms with Crippen molar-refractivity contribution in [3.8, 4) is 0 Å². The van der Waals surface area contributed by atoms with Gasteiger partial charge >= 0.3 is 5.97 Å². The van der Waals surface area contributed by atoms with E-state index in [1.54, 1.807) is 16.6 Å². The van der Waals surface area contributed by atoms with Crippen molar-refractivity contribution in [2.75, 3.05) is 13.1 Å². The van der Waals surface area contributed by atoms with Gasteiger partial charge in [-0.3, -0.25) is 14.3 Å². The maximum absolute atomic E-state index is 12.6. The Morgan fingerprint density at radius 3 is 2.56 bits per heavy atom. The zero-order chi connectivity index (χ0) is 19.6. The second-order valence-corrected chi connectivity index (χ2v) is 7.32. The van der Waals surface area contributed by atoms with E-state index in [1.807, 2.05) is 43.5 Å². The first-order chi connectivity index (χ1) is 12.8. The predicted octanol–water partition coefficient (Wildman–Crippen LogP) is 1.18. The van der Waals surface area contributed by atoms with Crippen LogP contribution in [0.15, 0.2) is 36.5 Å². The average molecular weight is 371 g/mol. The van der Waals surface area contributed by atoms with Gasteiger partial charge in [0.05, 0.1) is 18.2 Å². The van der Waals surface area contributed by atoms with Crippen molar-refractivity contribution in [1.82, 2.24) is 14.7 Å². The first-order valence-electron chi connectivity index (χ1n) is 9.04. The fourth-order valence-electron chi connectivity index (χ4n) is 3.79. The number of aromatic nitrogens is 2. The Labute approximate surface area is 158 Å². The smallest absolute Gasteiger partial charge is 0.312 e. The normalized spacial score (nSPS) is 22.6. The number of likely N-dealkylation sites (tertiary alicyclic amines) is 1. The third kappa shape index (κ3) is 3.88. The highest BCUT2D eigenvalue weighted by Crippen LogP contribution is 2.36. The summed E-state index contributed by atoms with van der Waals surface area (Å²) in [4.78, 5) is 26.2. The van der Waals surface area contributed by atoms with Crippen LogP contribution in [0.2, 0.25) is 0 Å². The zero-order valence-electron chi connectivity index (χ0n) is 15.6. The molecule has 1 aliphatic heterocycles. The van der Waals surface area contributed by atoms with Crippen molar-refractivity contribution in [2.45, 2.75) is 32.3 Å². The third-order valence-corrected chi connectivity index (χ3v) is 5.46. The lowest BCUT2D eigenvalue weighted by molar-refractivity contribution is -0.165. The number of aliphatic hydroxyl groups excluding tert-OH is 1. The van der Waals surface area contributed by atoms with Gasteiger partial charge < -0.3 is 15.1 Å². The lowest BCUT2D eigenvalue weighted by Crippen LogP contribution is -2.57. The molecule has 1 fully saturated rings. The molecule has 1 saturated heterocycles. The van der Waals surface area contributed by atoms with E-state index in [4.69, 9.17) is 0 Å². The minimum atomic E-state index is -1.28. The van der Waals surface area contributed by atoms with Crippen LogP contribution >= 0.6 is 0 Å². The first-order valence-corrected chi connectivity index (χ1v) is 9.04. The number of carboxylic acids is 1. The molecule has 1 aliphatic rings. The number of carbonyl (C=O) groups excluding carboxylic acids is 1. The Kier molecular flexibility index (Phi) is 5.32. The zero-order valence-corrected chi connectivity index (χ0v) is 15.6. The van der Waals surface area contributed by atoms with E-state index in [0.717, 1.165) is 16.8 Å². The van der Waals surface area contributed by atoms with Crippen molar-refractivity contribution >= 4 is 11.9 Å². The van der Waals surface area contributed by atoms with Crippen LogP contribution in [0.5, 0.6) is 0 Å². The molecule has 2 atom stereocenters. The molecule has 7 nitrogen and oxygen atoms in total. The van der Waals surface area contributed by atoms with Crippen LogP contribution in [-0.2, 0) is 29.5 Å². The lowest BCUT2D eigenvalue weighted by atomic mass is 9.71. The van der Waals surface area contributed by atoms with Gasteiger partial charge in [-0.25, -0.2) is 0 Å². The fourth-order valence-corrected chi connectivity index (χ4v) is 3.79. The van der Waals surface area contributed by atoms with Gasteiger partial charge in [-0.1, -0.05) is 30.3 Å². The molecule has 2 heterocycles. The number of piperidine rings is 1. The lowest BCUT2D eigenvalue weighted by Gasteiger charge is -2.43. The molecule has 1 aromatic carbocycles. The maximum Gasteiger partial charge on any atom is 0.312 e. The van der Waals surface area contributed by atoms with Gasteiger partial charge in [-0.05, 0) is 25.3 Å². The van der Waals surface area contributed by atoms with Gasteiger partial charge in [-0.2, -0.15) is 5.10 Å². The quantitative estimate of drug-likeness (QED) is 0.823. The topological polar surface area (TPSA) is 95.7 Å². The van der Waals surface area contributed by atoms with Crippen LogP contribution in [0.25, 0.3) is 0 Å². The molecule has 1 aromatic heterocycles. The van der Waals surface area contributed by atoms with Crippen LogP contribution < -0.4 is 0 Å². The van der Waals surface area contributed by atoms with Gasteiger partial charge in [0.1, 0.15) is 5.41 Å². The fraction of sp³-hybridized carbons (Fsp3) is 0.450. The summed E-state index contributed by atoms with van der Waals surface area (Å²) in [5.74, 6) is -1.14. The molecule has 2 aromatic rings. The Bertz CT molecular complexity index is 833. The summed E-state index contributed by atoms with van der Waals surface area (Å²) in [6.45, 7) is 2.19. The van der Waals surface area contributed by atoms with Crippen LogP contribution in [0.4, 0.5) is 0 Å². The highest BCUT2D eigenvalue weighted by atomic mass is 16.4. The number of β-amino-alcohol motifs (C(OH)–C–C–N with tert-alkyl or cyclic N) is 1. The molecule has 0 spiro atoms. The molecule has 0 radical (unpaired) electrons. The number of benzene rings is 1. The second kappa shape index (κ2) is 7.52. The second-order valence-electron chi connectivity index (χ2n) is 7.32. The average Bonchev–Trinajstić information content (AvgIpc) is 2.94. The van der Waals surface area contributed by atoms with Crippen LogP contribution in [-0.4, -0.2) is 56.0 Å². The van der Waals surface area contributed by atoms with Crippen LogP contribution in [0, 0.1) is 12.3 Å². The van der Waals surface area contributed by atoms with E-state index in [1.165, 1.54) is 0 Å². The maximum atomic E-state index is 12.6. The SMILES string of the molecule is Cc1nn(C)cc1CC(=O)N1CC[C@](Cc2ccccc2)(C(=O)O)[C@H](O)C1. The summed E-state index contributed by atoms with van der Waals surface area (Å²) in [5, 5.41) is 24.8.